The fourth-order valence-corrected chi connectivity index (χ4v) is 4.44. The van der Waals surface area contributed by atoms with Gasteiger partial charge >= 0.3 is 0 Å². The Labute approximate surface area is 174 Å². The fraction of sp³-hybridized carbons (Fsp3) is 0.300. The van der Waals surface area contributed by atoms with Gasteiger partial charge in [0.25, 0.3) is 0 Å². The first kappa shape index (κ1) is 21.4. The molecule has 0 spiro atoms. The Hall–Kier alpha value is -2.36. The number of thioether (sulfide) groups is 1. The second kappa shape index (κ2) is 8.56. The van der Waals surface area contributed by atoms with Gasteiger partial charge in [-0.25, -0.2) is 18.5 Å². The number of sulfonamides is 1. The molecule has 0 fully saturated rings. The summed E-state index contributed by atoms with van der Waals surface area (Å²) in [5.74, 6) is 0.364. The van der Waals surface area contributed by atoms with Crippen LogP contribution in [0.5, 0.6) is 0 Å². The van der Waals surface area contributed by atoms with Gasteiger partial charge < -0.3 is 9.88 Å². The van der Waals surface area contributed by atoms with Crippen molar-refractivity contribution < 1.29 is 13.2 Å². The Balaban J connectivity index is 1.72. The molecule has 0 aliphatic heterocycles. The SMILES string of the molecule is CC(C)[C@H](NC(=O)CSc1nc2cc(S(N)(=O)=O)ccc2n1C)c1ccccc1. The van der Waals surface area contributed by atoms with Gasteiger partial charge in [-0.1, -0.05) is 55.9 Å². The normalized spacial score (nSPS) is 13.0. The molecule has 1 heterocycles. The Bertz CT molecular complexity index is 1130. The summed E-state index contributed by atoms with van der Waals surface area (Å²) >= 11 is 1.30. The quantitative estimate of drug-likeness (QED) is 0.558. The van der Waals surface area contributed by atoms with E-state index in [1.54, 1.807) is 6.07 Å². The molecule has 1 amide bonds. The highest BCUT2D eigenvalue weighted by atomic mass is 32.2. The minimum Gasteiger partial charge on any atom is -0.348 e. The van der Waals surface area contributed by atoms with Gasteiger partial charge in [0.15, 0.2) is 5.16 Å². The third-order valence-corrected chi connectivity index (χ3v) is 6.55. The summed E-state index contributed by atoms with van der Waals surface area (Å²) in [4.78, 5) is 17.0. The van der Waals surface area contributed by atoms with Gasteiger partial charge in [-0.15, -0.1) is 0 Å². The van der Waals surface area contributed by atoms with E-state index in [-0.39, 0.29) is 28.5 Å². The van der Waals surface area contributed by atoms with Crippen LogP contribution in [0.25, 0.3) is 11.0 Å². The number of nitrogens with two attached hydrogens (primary N) is 1. The summed E-state index contributed by atoms with van der Waals surface area (Å²) in [6.45, 7) is 4.14. The predicted molar refractivity (Wildman–Crippen MR) is 115 cm³/mol. The number of aromatic nitrogens is 2. The van der Waals surface area contributed by atoms with Crippen molar-refractivity contribution in [2.45, 2.75) is 29.9 Å². The maximum atomic E-state index is 12.6. The molecular formula is C20H24N4O3S2. The van der Waals surface area contributed by atoms with Crippen LogP contribution in [0.2, 0.25) is 0 Å². The molecule has 0 saturated heterocycles. The van der Waals surface area contributed by atoms with Gasteiger partial charge in [-0.2, -0.15) is 0 Å². The third-order valence-electron chi connectivity index (χ3n) is 4.61. The van der Waals surface area contributed by atoms with Gasteiger partial charge in [-0.3, -0.25) is 4.79 Å². The molecule has 9 heteroatoms. The lowest BCUT2D eigenvalue weighted by atomic mass is 9.96. The topological polar surface area (TPSA) is 107 Å². The monoisotopic (exact) mass is 432 g/mol. The molecule has 2 aromatic carbocycles. The third kappa shape index (κ3) is 4.98. The average molecular weight is 433 g/mol. The molecule has 1 aromatic heterocycles. The van der Waals surface area contributed by atoms with E-state index in [2.05, 4.69) is 24.1 Å². The fourth-order valence-electron chi connectivity index (χ4n) is 3.10. The van der Waals surface area contributed by atoms with E-state index in [4.69, 9.17) is 5.14 Å². The first-order valence-electron chi connectivity index (χ1n) is 9.13. The van der Waals surface area contributed by atoms with Crippen LogP contribution >= 0.6 is 11.8 Å². The van der Waals surface area contributed by atoms with Crippen LogP contribution in [-0.2, 0) is 21.9 Å². The number of amides is 1. The predicted octanol–water partition coefficient (Wildman–Crippen LogP) is 2.83. The van der Waals surface area contributed by atoms with Crippen LogP contribution in [0.15, 0.2) is 58.6 Å². The summed E-state index contributed by atoms with van der Waals surface area (Å²) in [6, 6.07) is 14.4. The molecular weight excluding hydrogens is 408 g/mol. The molecule has 0 bridgehead atoms. The number of nitrogens with zero attached hydrogens (tertiary/aromatic N) is 2. The zero-order valence-electron chi connectivity index (χ0n) is 16.5. The number of imidazole rings is 1. The van der Waals surface area contributed by atoms with E-state index < -0.39 is 10.0 Å². The second-order valence-corrected chi connectivity index (χ2v) is 9.64. The van der Waals surface area contributed by atoms with Crippen molar-refractivity contribution >= 4 is 38.7 Å². The van der Waals surface area contributed by atoms with Crippen LogP contribution in [0.1, 0.15) is 25.5 Å². The molecule has 0 aliphatic carbocycles. The highest BCUT2D eigenvalue weighted by Crippen LogP contribution is 2.26. The minimum absolute atomic E-state index is 0.0139. The average Bonchev–Trinajstić information content (AvgIpc) is 2.99. The first-order valence-corrected chi connectivity index (χ1v) is 11.7. The van der Waals surface area contributed by atoms with E-state index in [9.17, 15) is 13.2 Å². The van der Waals surface area contributed by atoms with Crippen LogP contribution in [0, 0.1) is 5.92 Å². The molecule has 0 saturated carbocycles. The highest BCUT2D eigenvalue weighted by Gasteiger charge is 2.19. The summed E-state index contributed by atoms with van der Waals surface area (Å²) in [5, 5.41) is 8.91. The molecule has 0 aliphatic rings. The smallest absolute Gasteiger partial charge is 0.238 e. The van der Waals surface area contributed by atoms with Gasteiger partial charge in [-0.05, 0) is 29.7 Å². The van der Waals surface area contributed by atoms with Gasteiger partial charge in [0.2, 0.25) is 15.9 Å². The lowest BCUT2D eigenvalue weighted by molar-refractivity contribution is -0.119. The molecule has 3 rings (SSSR count). The maximum absolute atomic E-state index is 12.6. The first-order chi connectivity index (χ1) is 13.7. The molecule has 0 radical (unpaired) electrons. The Morgan fingerprint density at radius 3 is 2.52 bits per heavy atom. The van der Waals surface area contributed by atoms with Crippen molar-refractivity contribution in [3.8, 4) is 0 Å². The number of primary sulfonamides is 1. The molecule has 3 aromatic rings. The van der Waals surface area contributed by atoms with E-state index in [1.165, 1.54) is 23.9 Å². The molecule has 29 heavy (non-hydrogen) atoms. The van der Waals surface area contributed by atoms with Crippen LogP contribution < -0.4 is 10.5 Å². The van der Waals surface area contributed by atoms with Gasteiger partial charge in [0, 0.05) is 7.05 Å². The zero-order chi connectivity index (χ0) is 21.2. The van der Waals surface area contributed by atoms with E-state index in [0.717, 1.165) is 11.1 Å². The van der Waals surface area contributed by atoms with Gasteiger partial charge in [0.1, 0.15) is 0 Å². The number of hydrogen-bond donors (Lipinski definition) is 2. The number of hydrogen-bond acceptors (Lipinski definition) is 5. The van der Waals surface area contributed by atoms with Crippen molar-refractivity contribution in [3.05, 3.63) is 54.1 Å². The van der Waals surface area contributed by atoms with Crippen molar-refractivity contribution in [3.63, 3.8) is 0 Å². The number of nitrogens with one attached hydrogen (secondary N) is 1. The van der Waals surface area contributed by atoms with E-state index in [1.807, 2.05) is 41.9 Å². The highest BCUT2D eigenvalue weighted by molar-refractivity contribution is 7.99. The van der Waals surface area contributed by atoms with Crippen LogP contribution in [0.3, 0.4) is 0 Å². The summed E-state index contributed by atoms with van der Waals surface area (Å²) in [6.07, 6.45) is 0. The molecule has 1 atom stereocenters. The number of carbonyl (C=O) groups excluding carboxylic acids is 1. The Morgan fingerprint density at radius 1 is 1.21 bits per heavy atom. The van der Waals surface area contributed by atoms with Crippen LogP contribution in [0.4, 0.5) is 0 Å². The zero-order valence-corrected chi connectivity index (χ0v) is 18.1. The minimum atomic E-state index is -3.79. The lowest BCUT2D eigenvalue weighted by Gasteiger charge is -2.22. The molecule has 0 unspecified atom stereocenters. The standard InChI is InChI=1S/C20H24N4O3S2/c1-13(2)19(14-7-5-4-6-8-14)23-18(25)12-28-20-22-16-11-15(29(21,26)27)9-10-17(16)24(20)3/h4-11,13,19H,12H2,1-3H3,(H,23,25)(H2,21,26,27)/t19-/m0/s1. The number of aryl methyl sites for hydroxylation is 1. The number of fused-ring (bicyclic) bond motifs is 1. The molecule has 3 N–H and O–H groups in total. The van der Waals surface area contributed by atoms with Crippen LogP contribution in [-0.4, -0.2) is 29.6 Å². The lowest BCUT2D eigenvalue weighted by Crippen LogP contribution is -2.33. The summed E-state index contributed by atoms with van der Waals surface area (Å²) in [5.41, 5.74) is 2.36. The maximum Gasteiger partial charge on any atom is 0.238 e. The summed E-state index contributed by atoms with van der Waals surface area (Å²) < 4.78 is 24.9. The Morgan fingerprint density at radius 2 is 1.90 bits per heavy atom. The van der Waals surface area contributed by atoms with Crippen molar-refractivity contribution in [1.82, 2.24) is 14.9 Å². The van der Waals surface area contributed by atoms with Crippen molar-refractivity contribution in [2.24, 2.45) is 18.1 Å². The van der Waals surface area contributed by atoms with E-state index >= 15 is 0 Å². The van der Waals surface area contributed by atoms with Crippen molar-refractivity contribution in [2.75, 3.05) is 5.75 Å². The van der Waals surface area contributed by atoms with E-state index in [0.29, 0.717) is 10.7 Å². The number of rotatable bonds is 7. The molecule has 154 valence electrons. The van der Waals surface area contributed by atoms with Crippen molar-refractivity contribution in [1.29, 1.82) is 0 Å². The largest absolute Gasteiger partial charge is 0.348 e. The summed E-state index contributed by atoms with van der Waals surface area (Å²) in [7, 11) is -1.97. The Kier molecular flexibility index (Phi) is 6.30. The van der Waals surface area contributed by atoms with Gasteiger partial charge in [0.05, 0.1) is 27.7 Å². The number of benzene rings is 2. The second-order valence-electron chi connectivity index (χ2n) is 7.14. The number of carbonyl (C=O) groups is 1. The molecule has 7 nitrogen and oxygen atoms in total.